The van der Waals surface area contributed by atoms with Crippen molar-refractivity contribution in [3.05, 3.63) is 0 Å². The Labute approximate surface area is 148 Å². The predicted molar refractivity (Wildman–Crippen MR) is 55.9 cm³/mol. The van der Waals surface area contributed by atoms with E-state index in [2.05, 4.69) is 4.90 Å². The Kier molecular flexibility index (Phi) is 12.8. The van der Waals surface area contributed by atoms with E-state index in [1.54, 1.807) is 0 Å². The SMILES string of the molecule is O=C(O)C(CCCN1CCCC1)C(=O)O.[H-].[H-].[Na+].[Na+]. The summed E-state index contributed by atoms with van der Waals surface area (Å²) in [4.78, 5) is 23.4. The summed E-state index contributed by atoms with van der Waals surface area (Å²) in [7, 11) is 0. The van der Waals surface area contributed by atoms with Gasteiger partial charge in [0.2, 0.25) is 0 Å². The summed E-state index contributed by atoms with van der Waals surface area (Å²) in [5, 5.41) is 17.3. The van der Waals surface area contributed by atoms with Gasteiger partial charge in [-0.15, -0.1) is 0 Å². The van der Waals surface area contributed by atoms with Crippen molar-refractivity contribution in [2.24, 2.45) is 5.92 Å². The summed E-state index contributed by atoms with van der Waals surface area (Å²) in [6.45, 7) is 2.94. The van der Waals surface area contributed by atoms with Crippen molar-refractivity contribution in [2.45, 2.75) is 25.7 Å². The number of aliphatic carboxylic acids is 2. The number of hydrogen-bond donors (Lipinski definition) is 2. The fraction of sp³-hybridized carbons (Fsp3) is 0.800. The van der Waals surface area contributed by atoms with Crippen molar-refractivity contribution < 1.29 is 81.8 Å². The van der Waals surface area contributed by atoms with Gasteiger partial charge >= 0.3 is 71.1 Å². The summed E-state index contributed by atoms with van der Waals surface area (Å²) in [5.74, 6) is -3.71. The molecule has 1 heterocycles. The third kappa shape index (κ3) is 7.82. The Morgan fingerprint density at radius 3 is 2.00 bits per heavy atom. The minimum atomic E-state index is -1.24. The molecule has 1 saturated heterocycles. The molecule has 0 bridgehead atoms. The number of likely N-dealkylation sites (tertiary alicyclic amines) is 1. The van der Waals surface area contributed by atoms with Gasteiger partial charge in [0.05, 0.1) is 0 Å². The van der Waals surface area contributed by atoms with E-state index in [1.807, 2.05) is 0 Å². The molecule has 0 spiro atoms. The van der Waals surface area contributed by atoms with Crippen LogP contribution in [0.4, 0.5) is 0 Å². The second-order valence-electron chi connectivity index (χ2n) is 3.92. The molecule has 0 aliphatic carbocycles. The number of carbonyl (C=O) groups is 2. The minimum absolute atomic E-state index is 0. The molecule has 1 aliphatic rings. The van der Waals surface area contributed by atoms with E-state index in [1.165, 1.54) is 12.8 Å². The van der Waals surface area contributed by atoms with Gasteiger partial charge in [0.1, 0.15) is 0 Å². The van der Waals surface area contributed by atoms with Crippen molar-refractivity contribution in [3.63, 3.8) is 0 Å². The van der Waals surface area contributed by atoms with Crippen LogP contribution in [0.15, 0.2) is 0 Å². The maximum absolute atomic E-state index is 10.6. The average Bonchev–Trinajstić information content (AvgIpc) is 2.63. The van der Waals surface area contributed by atoms with E-state index in [0.717, 1.165) is 19.6 Å². The van der Waals surface area contributed by atoms with Crippen molar-refractivity contribution >= 4 is 11.9 Å². The van der Waals surface area contributed by atoms with E-state index in [-0.39, 0.29) is 68.4 Å². The van der Waals surface area contributed by atoms with E-state index in [4.69, 9.17) is 10.2 Å². The van der Waals surface area contributed by atoms with Crippen molar-refractivity contribution in [1.82, 2.24) is 4.90 Å². The van der Waals surface area contributed by atoms with Gasteiger partial charge in [-0.05, 0) is 45.3 Å². The fourth-order valence-electron chi connectivity index (χ4n) is 1.88. The molecule has 7 heteroatoms. The molecular weight excluding hydrogens is 244 g/mol. The summed E-state index contributed by atoms with van der Waals surface area (Å²) in [6, 6.07) is 0. The van der Waals surface area contributed by atoms with E-state index < -0.39 is 17.9 Å². The van der Waals surface area contributed by atoms with Gasteiger partial charge in [-0.1, -0.05) is 0 Å². The summed E-state index contributed by atoms with van der Waals surface area (Å²) >= 11 is 0. The maximum atomic E-state index is 10.6. The summed E-state index contributed by atoms with van der Waals surface area (Å²) in [5.41, 5.74) is 0. The monoisotopic (exact) mass is 263 g/mol. The normalized spacial score (nSPS) is 15.1. The molecule has 0 radical (unpaired) electrons. The van der Waals surface area contributed by atoms with Crippen LogP contribution in [0, 0.1) is 5.92 Å². The first kappa shape index (κ1) is 20.2. The molecule has 1 aliphatic heterocycles. The van der Waals surface area contributed by atoms with Gasteiger partial charge in [0.25, 0.3) is 0 Å². The predicted octanol–water partition coefficient (Wildman–Crippen LogP) is -5.12. The molecule has 1 rings (SSSR count). The second-order valence-corrected chi connectivity index (χ2v) is 3.92. The topological polar surface area (TPSA) is 77.8 Å². The third-order valence-corrected chi connectivity index (χ3v) is 2.76. The standard InChI is InChI=1S/C10H17NO4.2Na.2H/c12-9(13)8(10(14)15)4-3-7-11-5-1-2-6-11;;;;/h8H,1-7H2,(H,12,13)(H,14,15);;;;/q;2*+1;2*-1. The molecule has 17 heavy (non-hydrogen) atoms. The molecule has 0 aromatic carbocycles. The van der Waals surface area contributed by atoms with Gasteiger partial charge in [-0.25, -0.2) is 0 Å². The molecule has 0 aromatic rings. The Morgan fingerprint density at radius 1 is 1.12 bits per heavy atom. The molecule has 0 aromatic heterocycles. The summed E-state index contributed by atoms with van der Waals surface area (Å²) in [6.07, 6.45) is 3.26. The molecule has 90 valence electrons. The molecule has 0 atom stereocenters. The van der Waals surface area contributed by atoms with Crippen LogP contribution >= 0.6 is 0 Å². The number of nitrogens with zero attached hydrogens (tertiary/aromatic N) is 1. The van der Waals surface area contributed by atoms with Gasteiger partial charge in [0, 0.05) is 0 Å². The largest absolute Gasteiger partial charge is 1.00 e. The molecule has 2 N–H and O–H groups in total. The van der Waals surface area contributed by atoms with E-state index in [0.29, 0.717) is 6.42 Å². The molecule has 1 fully saturated rings. The molecule has 0 unspecified atom stereocenters. The van der Waals surface area contributed by atoms with Crippen LogP contribution in [0.3, 0.4) is 0 Å². The Hall–Kier alpha value is 0.900. The number of rotatable bonds is 6. The molecule has 0 amide bonds. The van der Waals surface area contributed by atoms with Crippen molar-refractivity contribution in [1.29, 1.82) is 0 Å². The first-order chi connectivity index (χ1) is 7.11. The van der Waals surface area contributed by atoms with Crippen LogP contribution in [-0.4, -0.2) is 46.7 Å². The summed E-state index contributed by atoms with van der Waals surface area (Å²) < 4.78 is 0. The fourth-order valence-corrected chi connectivity index (χ4v) is 1.88. The Bertz CT molecular complexity index is 240. The quantitative estimate of drug-likeness (QED) is 0.370. The first-order valence-corrected chi connectivity index (χ1v) is 5.29. The molecule has 0 saturated carbocycles. The molecule has 5 nitrogen and oxygen atoms in total. The number of carboxylic acids is 2. The van der Waals surface area contributed by atoms with Crippen LogP contribution in [0.2, 0.25) is 0 Å². The number of hydrogen-bond acceptors (Lipinski definition) is 3. The average molecular weight is 263 g/mol. The zero-order valence-corrected chi connectivity index (χ0v) is 14.7. The number of carboxylic acid groups (broad SMARTS) is 2. The third-order valence-electron chi connectivity index (χ3n) is 2.76. The second kappa shape index (κ2) is 10.8. The zero-order chi connectivity index (χ0) is 11.3. The van der Waals surface area contributed by atoms with Crippen LogP contribution in [0.5, 0.6) is 0 Å². The smallest absolute Gasteiger partial charge is 1.00 e. The van der Waals surface area contributed by atoms with Gasteiger partial charge < -0.3 is 18.0 Å². The minimum Gasteiger partial charge on any atom is -1.00 e. The molecular formula is C10H19NNa2O4. The Balaban J connectivity index is -0.000000281. The van der Waals surface area contributed by atoms with Gasteiger partial charge in [0.15, 0.2) is 5.92 Å². The van der Waals surface area contributed by atoms with Crippen molar-refractivity contribution in [3.8, 4) is 0 Å². The first-order valence-electron chi connectivity index (χ1n) is 5.29. The van der Waals surface area contributed by atoms with E-state index in [9.17, 15) is 9.59 Å². The van der Waals surface area contributed by atoms with Gasteiger partial charge in [-0.3, -0.25) is 9.59 Å². The van der Waals surface area contributed by atoms with Crippen LogP contribution in [0.25, 0.3) is 0 Å². The van der Waals surface area contributed by atoms with Crippen LogP contribution < -0.4 is 59.1 Å². The van der Waals surface area contributed by atoms with Gasteiger partial charge in [-0.2, -0.15) is 0 Å². The van der Waals surface area contributed by atoms with Crippen LogP contribution in [0.1, 0.15) is 28.5 Å². The zero-order valence-electron chi connectivity index (χ0n) is 12.7. The van der Waals surface area contributed by atoms with E-state index >= 15 is 0 Å². The Morgan fingerprint density at radius 2 is 1.59 bits per heavy atom. The van der Waals surface area contributed by atoms with Crippen LogP contribution in [-0.2, 0) is 9.59 Å². The van der Waals surface area contributed by atoms with Crippen molar-refractivity contribution in [2.75, 3.05) is 19.6 Å². The maximum Gasteiger partial charge on any atom is 1.00 e.